The van der Waals surface area contributed by atoms with Crippen LogP contribution in [-0.4, -0.2) is 37.0 Å². The third-order valence-electron chi connectivity index (χ3n) is 2.23. The lowest BCUT2D eigenvalue weighted by Gasteiger charge is -2.14. The predicted octanol–water partition coefficient (Wildman–Crippen LogP) is 1.60. The van der Waals surface area contributed by atoms with Crippen molar-refractivity contribution in [2.75, 3.05) is 5.75 Å². The molecule has 0 saturated carbocycles. The first-order chi connectivity index (χ1) is 7.69. The van der Waals surface area contributed by atoms with Crippen LogP contribution in [0.5, 0.6) is 0 Å². The van der Waals surface area contributed by atoms with Gasteiger partial charge in [-0.05, 0) is 23.3 Å². The molecular weight excluding hydrogens is 228 g/mol. The van der Waals surface area contributed by atoms with Crippen LogP contribution in [0.3, 0.4) is 0 Å². The number of carboxylic acids is 1. The van der Waals surface area contributed by atoms with E-state index in [0.29, 0.717) is 5.16 Å². The van der Waals surface area contributed by atoms with Crippen LogP contribution in [0.2, 0.25) is 0 Å². The van der Waals surface area contributed by atoms with E-state index in [1.165, 1.54) is 0 Å². The maximum atomic E-state index is 10.5. The smallest absolute Gasteiger partial charge is 0.313 e. The Morgan fingerprint density at radius 1 is 1.56 bits per heavy atom. The monoisotopic (exact) mass is 244 g/mol. The SMILES string of the molecule is CCCC(CC)n1nnnc1SCC(=O)O. The predicted molar refractivity (Wildman–Crippen MR) is 60.4 cm³/mol. The topological polar surface area (TPSA) is 80.9 Å². The van der Waals surface area contributed by atoms with Crippen molar-refractivity contribution in [1.29, 1.82) is 0 Å². The fourth-order valence-corrected chi connectivity index (χ4v) is 2.13. The summed E-state index contributed by atoms with van der Waals surface area (Å²) in [4.78, 5) is 10.5. The van der Waals surface area contributed by atoms with Crippen molar-refractivity contribution in [2.45, 2.75) is 44.3 Å². The van der Waals surface area contributed by atoms with Gasteiger partial charge in [-0.25, -0.2) is 4.68 Å². The highest BCUT2D eigenvalue weighted by Crippen LogP contribution is 2.22. The van der Waals surface area contributed by atoms with Crippen molar-refractivity contribution >= 4 is 17.7 Å². The molecule has 1 N–H and O–H groups in total. The standard InChI is InChI=1S/C9H16N4O2S/c1-3-5-7(4-2)13-9(10-11-12-13)16-6-8(14)15/h7H,3-6H2,1-2H3,(H,14,15). The van der Waals surface area contributed by atoms with Crippen molar-refractivity contribution in [3.8, 4) is 0 Å². The van der Waals surface area contributed by atoms with Crippen LogP contribution in [-0.2, 0) is 4.79 Å². The maximum Gasteiger partial charge on any atom is 0.313 e. The van der Waals surface area contributed by atoms with E-state index in [9.17, 15) is 4.79 Å². The Kier molecular flexibility index (Phi) is 5.24. The molecule has 1 heterocycles. The van der Waals surface area contributed by atoms with Crippen LogP contribution in [0, 0.1) is 0 Å². The summed E-state index contributed by atoms with van der Waals surface area (Å²) >= 11 is 1.16. The first kappa shape index (κ1) is 13.0. The molecular formula is C9H16N4O2S. The molecule has 16 heavy (non-hydrogen) atoms. The van der Waals surface area contributed by atoms with Gasteiger partial charge in [0.25, 0.3) is 0 Å². The summed E-state index contributed by atoms with van der Waals surface area (Å²) in [7, 11) is 0. The molecule has 1 unspecified atom stereocenters. The molecule has 1 atom stereocenters. The molecule has 0 aliphatic heterocycles. The molecule has 1 aromatic heterocycles. The highest BCUT2D eigenvalue weighted by atomic mass is 32.2. The van der Waals surface area contributed by atoms with E-state index in [0.717, 1.165) is 31.0 Å². The van der Waals surface area contributed by atoms with E-state index in [4.69, 9.17) is 5.11 Å². The van der Waals surface area contributed by atoms with Gasteiger partial charge in [-0.2, -0.15) is 0 Å². The second kappa shape index (κ2) is 6.47. The molecule has 0 spiro atoms. The van der Waals surface area contributed by atoms with Crippen LogP contribution in [0.4, 0.5) is 0 Å². The number of hydrogen-bond donors (Lipinski definition) is 1. The molecule has 0 aliphatic carbocycles. The summed E-state index contributed by atoms with van der Waals surface area (Å²) in [5.41, 5.74) is 0. The highest BCUT2D eigenvalue weighted by molar-refractivity contribution is 7.99. The first-order valence-corrected chi connectivity index (χ1v) is 6.30. The molecule has 0 aromatic carbocycles. The Hall–Kier alpha value is -1.11. The van der Waals surface area contributed by atoms with Gasteiger partial charge >= 0.3 is 5.97 Å². The molecule has 0 aliphatic rings. The van der Waals surface area contributed by atoms with E-state index in [1.807, 2.05) is 0 Å². The summed E-state index contributed by atoms with van der Waals surface area (Å²) < 4.78 is 1.73. The Morgan fingerprint density at radius 2 is 2.31 bits per heavy atom. The lowest BCUT2D eigenvalue weighted by atomic mass is 10.1. The molecule has 0 radical (unpaired) electrons. The molecule has 0 saturated heterocycles. The third-order valence-corrected chi connectivity index (χ3v) is 3.14. The zero-order chi connectivity index (χ0) is 12.0. The Balaban J connectivity index is 2.71. The van der Waals surface area contributed by atoms with Gasteiger partial charge < -0.3 is 5.11 Å². The number of aromatic nitrogens is 4. The number of aliphatic carboxylic acids is 1. The summed E-state index contributed by atoms with van der Waals surface area (Å²) in [5, 5.41) is 20.6. The summed E-state index contributed by atoms with van der Waals surface area (Å²) in [6.07, 6.45) is 3.00. The molecule has 7 heteroatoms. The van der Waals surface area contributed by atoms with Gasteiger partial charge in [0.05, 0.1) is 11.8 Å². The number of hydrogen-bond acceptors (Lipinski definition) is 5. The van der Waals surface area contributed by atoms with Crippen LogP contribution in [0.1, 0.15) is 39.2 Å². The van der Waals surface area contributed by atoms with E-state index < -0.39 is 5.97 Å². The molecule has 1 rings (SSSR count). The van der Waals surface area contributed by atoms with E-state index >= 15 is 0 Å². The normalized spacial score (nSPS) is 12.6. The minimum Gasteiger partial charge on any atom is -0.481 e. The number of thioether (sulfide) groups is 1. The number of rotatable bonds is 7. The highest BCUT2D eigenvalue weighted by Gasteiger charge is 2.16. The summed E-state index contributed by atoms with van der Waals surface area (Å²) in [6.45, 7) is 4.19. The Labute approximate surface area is 98.4 Å². The summed E-state index contributed by atoms with van der Waals surface area (Å²) in [6, 6.07) is 0.260. The molecule has 0 bridgehead atoms. The van der Waals surface area contributed by atoms with E-state index in [1.54, 1.807) is 4.68 Å². The lowest BCUT2D eigenvalue weighted by molar-refractivity contribution is -0.133. The molecule has 0 amide bonds. The Morgan fingerprint density at radius 3 is 2.88 bits per heavy atom. The van der Waals surface area contributed by atoms with Crippen molar-refractivity contribution in [3.05, 3.63) is 0 Å². The zero-order valence-electron chi connectivity index (χ0n) is 9.46. The van der Waals surface area contributed by atoms with Crippen LogP contribution in [0.15, 0.2) is 5.16 Å². The van der Waals surface area contributed by atoms with Gasteiger partial charge in [0, 0.05) is 0 Å². The second-order valence-corrected chi connectivity index (χ2v) is 4.38. The lowest BCUT2D eigenvalue weighted by Crippen LogP contribution is -2.12. The van der Waals surface area contributed by atoms with Gasteiger partial charge in [0.1, 0.15) is 0 Å². The minimum absolute atomic E-state index is 0.0110. The van der Waals surface area contributed by atoms with Crippen molar-refractivity contribution in [2.24, 2.45) is 0 Å². The van der Waals surface area contributed by atoms with Gasteiger partial charge in [0.15, 0.2) is 0 Å². The van der Waals surface area contributed by atoms with E-state index in [2.05, 4.69) is 29.4 Å². The minimum atomic E-state index is -0.858. The number of tetrazole rings is 1. The number of nitrogens with zero attached hydrogens (tertiary/aromatic N) is 4. The van der Waals surface area contributed by atoms with Gasteiger partial charge in [-0.1, -0.05) is 32.0 Å². The van der Waals surface area contributed by atoms with Crippen LogP contribution < -0.4 is 0 Å². The molecule has 90 valence electrons. The second-order valence-electron chi connectivity index (χ2n) is 3.44. The zero-order valence-corrected chi connectivity index (χ0v) is 10.3. The third kappa shape index (κ3) is 3.48. The van der Waals surface area contributed by atoms with Crippen LogP contribution in [0.25, 0.3) is 0 Å². The Bertz CT molecular complexity index is 342. The molecule has 0 fully saturated rings. The quantitative estimate of drug-likeness (QED) is 0.734. The van der Waals surface area contributed by atoms with E-state index in [-0.39, 0.29) is 11.8 Å². The average Bonchev–Trinajstić information content (AvgIpc) is 2.71. The number of carbonyl (C=O) groups is 1. The maximum absolute atomic E-state index is 10.5. The first-order valence-electron chi connectivity index (χ1n) is 5.31. The largest absolute Gasteiger partial charge is 0.481 e. The van der Waals surface area contributed by atoms with Crippen molar-refractivity contribution in [1.82, 2.24) is 20.2 Å². The van der Waals surface area contributed by atoms with Gasteiger partial charge in [-0.15, -0.1) is 5.10 Å². The van der Waals surface area contributed by atoms with Crippen LogP contribution >= 0.6 is 11.8 Å². The molecule has 1 aromatic rings. The van der Waals surface area contributed by atoms with Crippen molar-refractivity contribution in [3.63, 3.8) is 0 Å². The fourth-order valence-electron chi connectivity index (χ4n) is 1.47. The summed E-state index contributed by atoms with van der Waals surface area (Å²) in [5.74, 6) is -0.869. The van der Waals surface area contributed by atoms with Crippen molar-refractivity contribution < 1.29 is 9.90 Å². The molecule has 6 nitrogen and oxygen atoms in total. The fraction of sp³-hybridized carbons (Fsp3) is 0.778. The average molecular weight is 244 g/mol. The van der Waals surface area contributed by atoms with Gasteiger partial charge in [0.2, 0.25) is 5.16 Å². The van der Waals surface area contributed by atoms with Gasteiger partial charge in [-0.3, -0.25) is 4.79 Å². The number of carboxylic acid groups (broad SMARTS) is 1.